The van der Waals surface area contributed by atoms with E-state index in [2.05, 4.69) is 0 Å². The summed E-state index contributed by atoms with van der Waals surface area (Å²) in [5, 5.41) is 0.764. The van der Waals surface area contributed by atoms with Gasteiger partial charge in [-0.15, -0.1) is 0 Å². The minimum absolute atomic E-state index is 0.329. The number of amides is 1. The third-order valence-corrected chi connectivity index (χ3v) is 3.59. The summed E-state index contributed by atoms with van der Waals surface area (Å²) in [7, 11) is 0. The van der Waals surface area contributed by atoms with Crippen molar-refractivity contribution >= 4 is 29.1 Å². The Morgan fingerprint density at radius 2 is 1.78 bits per heavy atom. The number of nitrogens with two attached hydrogens (primary N) is 1. The van der Waals surface area contributed by atoms with Gasteiger partial charge in [-0.05, 0) is 24.1 Å². The Labute approximate surface area is 115 Å². The molecule has 0 aliphatic heterocycles. The van der Waals surface area contributed by atoms with E-state index in [0.29, 0.717) is 15.6 Å². The summed E-state index contributed by atoms with van der Waals surface area (Å²) in [5.74, 6) is -0.511. The molecule has 0 spiro atoms. The summed E-state index contributed by atoms with van der Waals surface area (Å²) in [6, 6.07) is 11.0. The first-order valence-electron chi connectivity index (χ1n) is 5.36. The summed E-state index contributed by atoms with van der Waals surface area (Å²) >= 11 is 12.3. The van der Waals surface area contributed by atoms with Crippen LogP contribution in [0.15, 0.2) is 36.4 Å². The van der Waals surface area contributed by atoms with Gasteiger partial charge in [0.05, 0.1) is 10.0 Å². The highest BCUT2D eigenvalue weighted by molar-refractivity contribution is 6.44. The second-order valence-electron chi connectivity index (χ2n) is 3.95. The summed E-state index contributed by atoms with van der Waals surface area (Å²) < 4.78 is 0. The van der Waals surface area contributed by atoms with Crippen LogP contribution in [0.1, 0.15) is 15.9 Å². The van der Waals surface area contributed by atoms with Crippen molar-refractivity contribution < 1.29 is 4.79 Å². The van der Waals surface area contributed by atoms with Crippen molar-refractivity contribution in [3.05, 3.63) is 57.6 Å². The molecule has 0 bridgehead atoms. The normalized spacial score (nSPS) is 10.4. The molecule has 0 aromatic heterocycles. The van der Waals surface area contributed by atoms with Crippen molar-refractivity contribution in [2.75, 3.05) is 0 Å². The van der Waals surface area contributed by atoms with E-state index in [1.54, 1.807) is 0 Å². The zero-order chi connectivity index (χ0) is 13.3. The fraction of sp³-hybridized carbons (Fsp3) is 0.0714. The van der Waals surface area contributed by atoms with E-state index in [1.165, 1.54) is 6.07 Å². The van der Waals surface area contributed by atoms with Crippen LogP contribution in [0.2, 0.25) is 10.0 Å². The number of carbonyl (C=O) groups is 1. The lowest BCUT2D eigenvalue weighted by molar-refractivity contribution is 0.1000. The maximum absolute atomic E-state index is 11.4. The average molecular weight is 280 g/mol. The molecule has 0 atom stereocenters. The van der Waals surface area contributed by atoms with E-state index < -0.39 is 5.91 Å². The van der Waals surface area contributed by atoms with Crippen LogP contribution in [-0.2, 0) is 0 Å². The highest BCUT2D eigenvalue weighted by Crippen LogP contribution is 2.38. The molecule has 18 heavy (non-hydrogen) atoms. The molecule has 0 heterocycles. The van der Waals surface area contributed by atoms with Crippen LogP contribution in [0.5, 0.6) is 0 Å². The molecule has 0 aliphatic rings. The van der Waals surface area contributed by atoms with Crippen molar-refractivity contribution in [3.8, 4) is 11.1 Å². The second kappa shape index (κ2) is 5.01. The van der Waals surface area contributed by atoms with E-state index >= 15 is 0 Å². The van der Waals surface area contributed by atoms with Crippen molar-refractivity contribution in [1.29, 1.82) is 0 Å². The summed E-state index contributed by atoms with van der Waals surface area (Å²) in [4.78, 5) is 11.4. The predicted molar refractivity (Wildman–Crippen MR) is 75.2 cm³/mol. The van der Waals surface area contributed by atoms with E-state index in [0.717, 1.165) is 16.7 Å². The Hall–Kier alpha value is -1.51. The van der Waals surface area contributed by atoms with Gasteiger partial charge in [0.1, 0.15) is 0 Å². The van der Waals surface area contributed by atoms with E-state index in [4.69, 9.17) is 28.9 Å². The molecule has 2 rings (SSSR count). The van der Waals surface area contributed by atoms with Gasteiger partial charge in [0, 0.05) is 11.1 Å². The first-order chi connectivity index (χ1) is 8.52. The van der Waals surface area contributed by atoms with Crippen LogP contribution in [0, 0.1) is 6.92 Å². The highest BCUT2D eigenvalue weighted by atomic mass is 35.5. The van der Waals surface area contributed by atoms with E-state index in [9.17, 15) is 4.79 Å². The topological polar surface area (TPSA) is 43.1 Å². The van der Waals surface area contributed by atoms with Crippen LogP contribution in [0.3, 0.4) is 0 Å². The second-order valence-corrected chi connectivity index (χ2v) is 4.74. The lowest BCUT2D eigenvalue weighted by Crippen LogP contribution is -2.13. The maximum atomic E-state index is 11.4. The maximum Gasteiger partial charge on any atom is 0.249 e. The Bertz CT molecular complexity index is 609. The molecule has 0 saturated carbocycles. The fourth-order valence-electron chi connectivity index (χ4n) is 1.92. The summed E-state index contributed by atoms with van der Waals surface area (Å²) in [6.07, 6.45) is 0. The molecule has 0 saturated heterocycles. The van der Waals surface area contributed by atoms with Crippen molar-refractivity contribution in [2.45, 2.75) is 6.92 Å². The predicted octanol–water partition coefficient (Wildman–Crippen LogP) is 4.07. The number of primary amides is 1. The number of halogens is 2. The average Bonchev–Trinajstić information content (AvgIpc) is 2.35. The molecular weight excluding hydrogens is 269 g/mol. The molecule has 0 fully saturated rings. The number of benzene rings is 2. The van der Waals surface area contributed by atoms with Crippen LogP contribution in [0.4, 0.5) is 0 Å². The molecule has 2 nitrogen and oxygen atoms in total. The minimum atomic E-state index is -0.511. The Balaban J connectivity index is 2.78. The molecular formula is C14H11Cl2NO. The van der Waals surface area contributed by atoms with Crippen molar-refractivity contribution in [2.24, 2.45) is 5.73 Å². The Kier molecular flexibility index (Phi) is 3.60. The van der Waals surface area contributed by atoms with E-state index in [1.807, 2.05) is 37.3 Å². The van der Waals surface area contributed by atoms with Crippen LogP contribution in [0.25, 0.3) is 11.1 Å². The first-order valence-corrected chi connectivity index (χ1v) is 6.11. The van der Waals surface area contributed by atoms with Gasteiger partial charge in [-0.2, -0.15) is 0 Å². The summed E-state index contributed by atoms with van der Waals surface area (Å²) in [6.45, 7) is 1.81. The van der Waals surface area contributed by atoms with Gasteiger partial charge in [0.25, 0.3) is 0 Å². The fourth-order valence-corrected chi connectivity index (χ4v) is 2.43. The Morgan fingerprint density at radius 1 is 1.17 bits per heavy atom. The van der Waals surface area contributed by atoms with Gasteiger partial charge in [-0.3, -0.25) is 4.79 Å². The van der Waals surface area contributed by atoms with Crippen LogP contribution in [-0.4, -0.2) is 5.91 Å². The number of carbonyl (C=O) groups excluding carboxylic acids is 1. The lowest BCUT2D eigenvalue weighted by Gasteiger charge is -2.13. The molecule has 0 unspecified atom stereocenters. The standard InChI is InChI=1S/C14H11Cl2NO/c1-8-10(14(17)18)7-11(15)13(16)12(8)9-5-3-2-4-6-9/h2-7H,1H3,(H2,17,18). The number of hydrogen-bond donors (Lipinski definition) is 1. The van der Waals surface area contributed by atoms with E-state index in [-0.39, 0.29) is 0 Å². The molecule has 0 aliphatic carbocycles. The van der Waals surface area contributed by atoms with Gasteiger partial charge < -0.3 is 5.73 Å². The van der Waals surface area contributed by atoms with Crippen LogP contribution < -0.4 is 5.73 Å². The zero-order valence-electron chi connectivity index (χ0n) is 9.71. The summed E-state index contributed by atoms with van der Waals surface area (Å²) in [5.41, 5.74) is 8.13. The number of rotatable bonds is 2. The zero-order valence-corrected chi connectivity index (χ0v) is 11.2. The quantitative estimate of drug-likeness (QED) is 0.885. The first kappa shape index (κ1) is 12.9. The molecule has 2 N–H and O–H groups in total. The van der Waals surface area contributed by atoms with Crippen molar-refractivity contribution in [3.63, 3.8) is 0 Å². The number of hydrogen-bond acceptors (Lipinski definition) is 1. The minimum Gasteiger partial charge on any atom is -0.366 e. The Morgan fingerprint density at radius 3 is 2.33 bits per heavy atom. The molecule has 4 heteroatoms. The smallest absolute Gasteiger partial charge is 0.249 e. The highest BCUT2D eigenvalue weighted by Gasteiger charge is 2.17. The van der Waals surface area contributed by atoms with Gasteiger partial charge in [0.2, 0.25) is 5.91 Å². The molecule has 1 amide bonds. The van der Waals surface area contributed by atoms with Gasteiger partial charge in [-0.25, -0.2) is 0 Å². The molecule has 0 radical (unpaired) electrons. The molecule has 2 aromatic carbocycles. The third-order valence-electron chi connectivity index (χ3n) is 2.81. The third kappa shape index (κ3) is 2.22. The van der Waals surface area contributed by atoms with Gasteiger partial charge >= 0.3 is 0 Å². The monoisotopic (exact) mass is 279 g/mol. The molecule has 92 valence electrons. The van der Waals surface area contributed by atoms with Gasteiger partial charge in [-0.1, -0.05) is 53.5 Å². The SMILES string of the molecule is Cc1c(C(N)=O)cc(Cl)c(Cl)c1-c1ccccc1. The largest absolute Gasteiger partial charge is 0.366 e. The van der Waals surface area contributed by atoms with Crippen LogP contribution >= 0.6 is 23.2 Å². The van der Waals surface area contributed by atoms with Crippen molar-refractivity contribution in [1.82, 2.24) is 0 Å². The van der Waals surface area contributed by atoms with Gasteiger partial charge in [0.15, 0.2) is 0 Å². The lowest BCUT2D eigenvalue weighted by atomic mass is 9.96. The molecule has 2 aromatic rings.